The summed E-state index contributed by atoms with van der Waals surface area (Å²) in [4.78, 5) is 123. The van der Waals surface area contributed by atoms with Gasteiger partial charge in [-0.2, -0.15) is 0 Å². The first-order chi connectivity index (χ1) is 50.0. The van der Waals surface area contributed by atoms with E-state index < -0.39 is 17.2 Å². The summed E-state index contributed by atoms with van der Waals surface area (Å²) in [5, 5.41) is 20.0. The van der Waals surface area contributed by atoms with Crippen molar-refractivity contribution in [3.63, 3.8) is 0 Å². The van der Waals surface area contributed by atoms with Gasteiger partial charge in [-0.1, -0.05) is 0 Å². The first-order valence-electron chi connectivity index (χ1n) is 36.0. The van der Waals surface area contributed by atoms with Crippen LogP contribution in [0.4, 0.5) is 44.5 Å². The van der Waals surface area contributed by atoms with Gasteiger partial charge in [-0.05, 0) is 165 Å². The van der Waals surface area contributed by atoms with Gasteiger partial charge in [0.25, 0.3) is 11.8 Å². The number of anilines is 6. The van der Waals surface area contributed by atoms with Crippen molar-refractivity contribution in [2.45, 2.75) is 170 Å². The van der Waals surface area contributed by atoms with Crippen LogP contribution in [-0.4, -0.2) is 201 Å². The quantitative estimate of drug-likeness (QED) is 0.0906. The van der Waals surface area contributed by atoms with E-state index in [-0.39, 0.29) is 59.9 Å². The molecule has 6 fully saturated rings. The molecule has 9 aromatic heterocycles. The van der Waals surface area contributed by atoms with Crippen LogP contribution in [0.15, 0.2) is 74.4 Å². The third-order valence-corrected chi connectivity index (χ3v) is 18.5. The Morgan fingerprint density at radius 3 is 1.21 bits per heavy atom. The van der Waals surface area contributed by atoms with Gasteiger partial charge in [-0.15, -0.1) is 0 Å². The van der Waals surface area contributed by atoms with Gasteiger partial charge in [0.05, 0.1) is 95.9 Å². The van der Waals surface area contributed by atoms with Crippen molar-refractivity contribution in [3.8, 4) is 0 Å². The normalized spacial score (nSPS) is 17.7. The number of carboxylic acids is 1. The molecule has 6 aliphatic rings. The van der Waals surface area contributed by atoms with Crippen LogP contribution in [0.2, 0.25) is 0 Å². The number of nitrogens with zero attached hydrogens (tertiary/aromatic N) is 20. The maximum absolute atomic E-state index is 12.8. The molecule has 3 saturated heterocycles. The number of aromatic carboxylic acids is 1. The maximum atomic E-state index is 12.8. The largest absolute Gasteiger partial charge is 1.00 e. The molecule has 0 spiro atoms. The standard InChI is InChI=1S/C26H34N8O3.C21H26N8O.C18H26N4O4.C8H10N4.Li/c1-16-12-33-15-21(30-17(2)23(33)29-16)31-24(35)20-10-28-22(11-27-20)32-9-8-18(13-32)14-34(19-6-7-19)25(36)37-26(3,4)5;1-13-10-29-12-18(26-14(2)20(29)25-13)27-21(30)17-8-24-19(9-23-17)28-6-5-15(11-28)7-22-16-3-4-16;1-18(2,3)26-17(25)22(13-4-5-13)11-12-6-7-21(10-12)15-9-19-14(8-20-15)16(23)24;1-5-3-12-4-7(9)11-6(2)8(12)10-5;/h10-12,15,18-19H,6-9,13-14H2,1-5H3,(H,31,35);8-10,12,15-16,22H,3-7,11H2,1-2H3,(H,27,30);8-9,12-13H,4-7,10-11H2,1-3H3,(H,23,24);3-4H,9H2,1-2H3;/q;;;;+1/p-1/t18-;15-;12-;;/m010../s1. The van der Waals surface area contributed by atoms with Crippen molar-refractivity contribution < 1.29 is 57.4 Å². The van der Waals surface area contributed by atoms with E-state index in [1.165, 1.54) is 37.6 Å². The first-order valence-corrected chi connectivity index (χ1v) is 36.0. The minimum absolute atomic E-state index is 0. The Hall–Kier alpha value is -10.2. The predicted octanol–water partition coefficient (Wildman–Crippen LogP) is 4.58. The molecule has 3 aliphatic carbocycles. The van der Waals surface area contributed by atoms with E-state index in [2.05, 4.69) is 90.5 Å². The molecular weight excluding hydrogens is 1350 g/mol. The third kappa shape index (κ3) is 20.4. The van der Waals surface area contributed by atoms with Gasteiger partial charge < -0.3 is 78.8 Å². The molecule has 32 nitrogen and oxygen atoms in total. The van der Waals surface area contributed by atoms with Gasteiger partial charge in [0.1, 0.15) is 63.2 Å². The summed E-state index contributed by atoms with van der Waals surface area (Å²) >= 11 is 0. The molecule has 5 N–H and O–H groups in total. The average molecular weight is 1440 g/mol. The Kier molecular flexibility index (Phi) is 23.7. The molecule has 12 heterocycles. The van der Waals surface area contributed by atoms with Gasteiger partial charge in [0.15, 0.2) is 16.9 Å². The molecule has 3 aliphatic heterocycles. The number of imidazole rings is 3. The fourth-order valence-electron chi connectivity index (χ4n) is 13.0. The number of nitrogen functional groups attached to an aromatic ring is 1. The molecule has 4 amide bonds. The van der Waals surface area contributed by atoms with Crippen LogP contribution in [0.25, 0.3) is 16.9 Å². The number of aromatic nitrogens is 15. The summed E-state index contributed by atoms with van der Waals surface area (Å²) in [7, 11) is 0. The number of nitrogens with one attached hydrogen (secondary N) is 3. The molecular formula is C73H95LiN24O8. The maximum Gasteiger partial charge on any atom is 1.00 e. The van der Waals surface area contributed by atoms with Crippen molar-refractivity contribution in [2.24, 2.45) is 17.8 Å². The number of hydrogen-bond acceptors (Lipinski definition) is 25. The monoisotopic (exact) mass is 1440 g/mol. The Bertz CT molecular complexity index is 4600. The Labute approximate surface area is 627 Å². The minimum Gasteiger partial charge on any atom is -0.543 e. The van der Waals surface area contributed by atoms with Gasteiger partial charge in [-0.25, -0.2) is 69.4 Å². The van der Waals surface area contributed by atoms with Crippen LogP contribution in [-0.2, 0) is 9.47 Å². The fourth-order valence-corrected chi connectivity index (χ4v) is 13.0. The summed E-state index contributed by atoms with van der Waals surface area (Å²) in [5.41, 5.74) is 12.4. The second kappa shape index (κ2) is 32.7. The summed E-state index contributed by atoms with van der Waals surface area (Å²) in [6, 6.07) is 1.33. The number of carboxylic acid groups (broad SMARTS) is 1. The summed E-state index contributed by atoms with van der Waals surface area (Å²) in [6.07, 6.45) is 29.3. The molecule has 9 aromatic rings. The SMILES string of the molecule is CC(C)(C)OC(=O)N(C[C@H]1CCN(c2cnc(C(=O)[O-])cn2)C1)C1CC1.Cc1cn2cc(N)nc(C)c2n1.Cc1cn2cc(NC(=O)c3cnc(N4CC[C@H](CN(C(=O)OC(C)(C)C)C5CC5)C4)cn3)nc(C)c2n1.Cc1cn2cc(NC(=O)c3cnc(N4CC[C@H](CNC5CC5)C4)cn3)nc(C)c2n1.[Li+]. The topological polar surface area (TPSA) is 373 Å². The number of aryl methyl sites for hydroxylation is 6. The Morgan fingerprint density at radius 1 is 0.481 bits per heavy atom. The molecule has 0 aromatic carbocycles. The van der Waals surface area contributed by atoms with Crippen LogP contribution in [0.3, 0.4) is 0 Å². The second-order valence-electron chi connectivity index (χ2n) is 30.2. The van der Waals surface area contributed by atoms with E-state index in [1.807, 2.05) is 125 Å². The van der Waals surface area contributed by atoms with E-state index in [4.69, 9.17) is 15.2 Å². The van der Waals surface area contributed by atoms with Gasteiger partial charge in [0, 0.05) is 89.1 Å². The number of hydrogen-bond donors (Lipinski definition) is 4. The molecule has 556 valence electrons. The van der Waals surface area contributed by atoms with Crippen LogP contribution in [0, 0.1) is 59.3 Å². The minimum atomic E-state index is -1.33. The Balaban J connectivity index is 0.000000148. The van der Waals surface area contributed by atoms with Crippen molar-refractivity contribution in [3.05, 3.63) is 126 Å². The van der Waals surface area contributed by atoms with E-state index in [0.717, 1.165) is 160 Å². The summed E-state index contributed by atoms with van der Waals surface area (Å²) < 4.78 is 16.8. The van der Waals surface area contributed by atoms with Gasteiger partial charge in [0.2, 0.25) is 0 Å². The molecule has 3 saturated carbocycles. The third-order valence-electron chi connectivity index (χ3n) is 18.5. The zero-order valence-electron chi connectivity index (χ0n) is 62.9. The van der Waals surface area contributed by atoms with E-state index in [1.54, 1.807) is 31.0 Å². The average Bonchev–Trinajstić information content (AvgIpc) is 1.65. The van der Waals surface area contributed by atoms with Crippen LogP contribution < -0.4 is 60.4 Å². The van der Waals surface area contributed by atoms with Crippen molar-refractivity contribution >= 4 is 81.8 Å². The zero-order chi connectivity index (χ0) is 74.6. The van der Waals surface area contributed by atoms with Crippen LogP contribution >= 0.6 is 0 Å². The fraction of sp³-hybridized carbons (Fsp3) is 0.521. The van der Waals surface area contributed by atoms with Crippen LogP contribution in [0.1, 0.15) is 165 Å². The van der Waals surface area contributed by atoms with Crippen molar-refractivity contribution in [1.29, 1.82) is 0 Å². The number of nitrogens with two attached hydrogens (primary N) is 1. The molecule has 3 atom stereocenters. The van der Waals surface area contributed by atoms with Crippen molar-refractivity contribution in [1.82, 2.24) is 88.1 Å². The number of rotatable bonds is 17. The molecule has 33 heteroatoms. The van der Waals surface area contributed by atoms with Gasteiger partial charge in [-0.3, -0.25) is 9.59 Å². The molecule has 106 heavy (non-hydrogen) atoms. The number of carbonyl (C=O) groups excluding carboxylic acids is 5. The summed E-state index contributed by atoms with van der Waals surface area (Å²) in [5.74, 6) is 2.86. The molecule has 0 bridgehead atoms. The zero-order valence-corrected chi connectivity index (χ0v) is 62.9. The number of carbonyl (C=O) groups is 5. The molecule has 0 unspecified atom stereocenters. The number of ether oxygens (including phenoxy) is 2. The van der Waals surface area contributed by atoms with Crippen molar-refractivity contribution in [2.75, 3.05) is 90.0 Å². The van der Waals surface area contributed by atoms with E-state index in [9.17, 15) is 29.1 Å². The summed E-state index contributed by atoms with van der Waals surface area (Å²) in [6.45, 7) is 30.3. The predicted molar refractivity (Wildman–Crippen MR) is 392 cm³/mol. The smallest absolute Gasteiger partial charge is 0.543 e. The first kappa shape index (κ1) is 76.9. The van der Waals surface area contributed by atoms with Crippen LogP contribution in [0.5, 0.6) is 0 Å². The molecule has 0 radical (unpaired) electrons. The number of amides is 4. The Morgan fingerprint density at radius 2 is 0.849 bits per heavy atom. The molecule has 15 rings (SSSR count). The van der Waals surface area contributed by atoms with Gasteiger partial charge >= 0.3 is 31.0 Å². The second-order valence-corrected chi connectivity index (χ2v) is 30.2. The van der Waals surface area contributed by atoms with E-state index in [0.29, 0.717) is 66.2 Å². The number of fused-ring (bicyclic) bond motifs is 3. The van der Waals surface area contributed by atoms with E-state index >= 15 is 0 Å².